The third-order valence-corrected chi connectivity index (χ3v) is 4.93. The minimum Gasteiger partial charge on any atom is -0.492 e. The highest BCUT2D eigenvalue weighted by atomic mass is 35.5. The molecule has 1 aromatic carbocycles. The summed E-state index contributed by atoms with van der Waals surface area (Å²) in [5.74, 6) is 2.26. The highest BCUT2D eigenvalue weighted by Crippen LogP contribution is 2.28. The van der Waals surface area contributed by atoms with Crippen LogP contribution in [0.5, 0.6) is 5.75 Å². The van der Waals surface area contributed by atoms with Crippen molar-refractivity contribution in [1.82, 2.24) is 15.0 Å². The average molecular weight is 355 g/mol. The van der Waals surface area contributed by atoms with E-state index in [4.69, 9.17) is 16.3 Å². The molecular weight excluding hydrogens is 336 g/mol. The molecule has 1 fully saturated rings. The van der Waals surface area contributed by atoms with Gasteiger partial charge >= 0.3 is 0 Å². The quantitative estimate of drug-likeness (QED) is 0.709. The van der Waals surface area contributed by atoms with Gasteiger partial charge in [-0.2, -0.15) is 0 Å². The van der Waals surface area contributed by atoms with Gasteiger partial charge in [0.15, 0.2) is 0 Å². The number of nitrogens with zero attached hydrogens (tertiary/aromatic N) is 4. The van der Waals surface area contributed by atoms with E-state index in [1.807, 2.05) is 24.3 Å². The molecule has 1 aliphatic heterocycles. The van der Waals surface area contributed by atoms with Crippen LogP contribution in [0.15, 0.2) is 49.1 Å². The van der Waals surface area contributed by atoms with E-state index >= 15 is 0 Å². The van der Waals surface area contributed by atoms with E-state index in [-0.39, 0.29) is 0 Å². The Morgan fingerprint density at radius 3 is 2.80 bits per heavy atom. The van der Waals surface area contributed by atoms with Gasteiger partial charge in [-0.3, -0.25) is 4.98 Å². The predicted octanol–water partition coefficient (Wildman–Crippen LogP) is 3.97. The Bertz CT molecular complexity index is 859. The first-order valence-corrected chi connectivity index (χ1v) is 8.86. The van der Waals surface area contributed by atoms with Crippen molar-refractivity contribution in [3.63, 3.8) is 0 Å². The van der Waals surface area contributed by atoms with Crippen molar-refractivity contribution in [2.75, 3.05) is 24.6 Å². The van der Waals surface area contributed by atoms with E-state index in [2.05, 4.69) is 25.9 Å². The second-order valence-corrected chi connectivity index (χ2v) is 6.67. The molecule has 0 bridgehead atoms. The zero-order valence-electron chi connectivity index (χ0n) is 13.8. The number of fused-ring (bicyclic) bond motifs is 1. The summed E-state index contributed by atoms with van der Waals surface area (Å²) in [6.07, 6.45) is 7.10. The van der Waals surface area contributed by atoms with Gasteiger partial charge in [0.25, 0.3) is 0 Å². The lowest BCUT2D eigenvalue weighted by molar-refractivity contribution is 0.222. The van der Waals surface area contributed by atoms with Gasteiger partial charge in [-0.1, -0.05) is 23.7 Å². The van der Waals surface area contributed by atoms with Gasteiger partial charge in [0, 0.05) is 36.9 Å². The van der Waals surface area contributed by atoms with E-state index in [1.165, 1.54) is 0 Å². The number of halogens is 1. The van der Waals surface area contributed by atoms with Gasteiger partial charge in [-0.25, -0.2) is 9.97 Å². The Morgan fingerprint density at radius 1 is 1.12 bits per heavy atom. The molecule has 0 unspecified atom stereocenters. The van der Waals surface area contributed by atoms with Crippen molar-refractivity contribution < 1.29 is 4.74 Å². The Labute approximate surface area is 151 Å². The minimum absolute atomic E-state index is 0.522. The number of benzene rings is 1. The van der Waals surface area contributed by atoms with Crippen LogP contribution in [0.1, 0.15) is 12.8 Å². The highest BCUT2D eigenvalue weighted by molar-refractivity contribution is 6.31. The number of para-hydroxylation sites is 1. The van der Waals surface area contributed by atoms with E-state index in [0.29, 0.717) is 23.3 Å². The molecule has 0 aliphatic carbocycles. The Kier molecular flexibility index (Phi) is 4.65. The van der Waals surface area contributed by atoms with Gasteiger partial charge in [0.1, 0.15) is 22.9 Å². The van der Waals surface area contributed by atoms with Gasteiger partial charge in [0.2, 0.25) is 0 Å². The summed E-state index contributed by atoms with van der Waals surface area (Å²) in [6, 6.07) is 9.97. The van der Waals surface area contributed by atoms with Crippen molar-refractivity contribution in [2.45, 2.75) is 12.8 Å². The van der Waals surface area contributed by atoms with Crippen LogP contribution < -0.4 is 9.64 Å². The summed E-state index contributed by atoms with van der Waals surface area (Å²) in [5.41, 5.74) is 0.991. The van der Waals surface area contributed by atoms with Crippen molar-refractivity contribution in [3.8, 4) is 5.75 Å². The molecule has 3 heterocycles. The minimum atomic E-state index is 0.522. The van der Waals surface area contributed by atoms with Crippen molar-refractivity contribution in [3.05, 3.63) is 54.1 Å². The molecule has 0 saturated carbocycles. The van der Waals surface area contributed by atoms with Crippen LogP contribution in [0.2, 0.25) is 5.02 Å². The lowest BCUT2D eigenvalue weighted by Crippen LogP contribution is -2.36. The number of anilines is 1. The maximum Gasteiger partial charge on any atom is 0.141 e. The van der Waals surface area contributed by atoms with Crippen LogP contribution in [-0.2, 0) is 0 Å². The van der Waals surface area contributed by atoms with Crippen molar-refractivity contribution in [2.24, 2.45) is 5.92 Å². The molecule has 0 spiro atoms. The average Bonchev–Trinajstić information content (AvgIpc) is 2.67. The molecule has 6 heteroatoms. The SMILES string of the molecule is Clc1cnccc1OCC1CCN(c2ncnc3ccccc23)CC1. The molecule has 0 atom stereocenters. The van der Waals surface area contributed by atoms with Crippen LogP contribution in [0.25, 0.3) is 10.9 Å². The Morgan fingerprint density at radius 2 is 1.96 bits per heavy atom. The molecule has 1 saturated heterocycles. The third-order valence-electron chi connectivity index (χ3n) is 4.65. The van der Waals surface area contributed by atoms with E-state index < -0.39 is 0 Å². The topological polar surface area (TPSA) is 51.1 Å². The number of rotatable bonds is 4. The van der Waals surface area contributed by atoms with E-state index in [9.17, 15) is 0 Å². The number of ether oxygens (including phenoxy) is 1. The second-order valence-electron chi connectivity index (χ2n) is 6.26. The first-order chi connectivity index (χ1) is 12.3. The predicted molar refractivity (Wildman–Crippen MR) is 99.2 cm³/mol. The smallest absolute Gasteiger partial charge is 0.141 e. The maximum absolute atomic E-state index is 6.09. The van der Waals surface area contributed by atoms with E-state index in [0.717, 1.165) is 42.7 Å². The summed E-state index contributed by atoms with van der Waals surface area (Å²) in [6.45, 7) is 2.63. The normalized spacial score (nSPS) is 15.5. The molecule has 5 nitrogen and oxygen atoms in total. The van der Waals surface area contributed by atoms with Crippen molar-refractivity contribution >= 4 is 28.3 Å². The fraction of sp³-hybridized carbons (Fsp3) is 0.316. The van der Waals surface area contributed by atoms with Crippen LogP contribution in [0.3, 0.4) is 0 Å². The van der Waals surface area contributed by atoms with Crippen LogP contribution >= 0.6 is 11.6 Å². The molecule has 128 valence electrons. The summed E-state index contributed by atoms with van der Waals surface area (Å²) in [4.78, 5) is 15.2. The fourth-order valence-corrected chi connectivity index (χ4v) is 3.42. The number of aromatic nitrogens is 3. The lowest BCUT2D eigenvalue weighted by Gasteiger charge is -2.33. The fourth-order valence-electron chi connectivity index (χ4n) is 3.24. The number of pyridine rings is 1. The number of piperidine rings is 1. The van der Waals surface area contributed by atoms with Gasteiger partial charge in [0.05, 0.1) is 12.1 Å². The molecule has 0 amide bonds. The standard InChI is InChI=1S/C19H19ClN4O/c20-16-11-21-8-5-18(16)25-12-14-6-9-24(10-7-14)19-15-3-1-2-4-17(15)22-13-23-19/h1-5,8,11,13-14H,6-7,9-10,12H2. The first kappa shape index (κ1) is 16.1. The molecule has 1 aliphatic rings. The summed E-state index contributed by atoms with van der Waals surface area (Å²) >= 11 is 6.09. The maximum atomic E-state index is 6.09. The Hall–Kier alpha value is -2.40. The summed E-state index contributed by atoms with van der Waals surface area (Å²) < 4.78 is 5.87. The van der Waals surface area contributed by atoms with Crippen LogP contribution in [0.4, 0.5) is 5.82 Å². The van der Waals surface area contributed by atoms with E-state index in [1.54, 1.807) is 18.7 Å². The molecule has 4 rings (SSSR count). The zero-order chi connectivity index (χ0) is 17.1. The lowest BCUT2D eigenvalue weighted by atomic mass is 9.97. The molecule has 25 heavy (non-hydrogen) atoms. The Balaban J connectivity index is 1.39. The zero-order valence-corrected chi connectivity index (χ0v) is 14.6. The van der Waals surface area contributed by atoms with Crippen LogP contribution in [0, 0.1) is 5.92 Å². The van der Waals surface area contributed by atoms with Crippen LogP contribution in [-0.4, -0.2) is 34.6 Å². The largest absolute Gasteiger partial charge is 0.492 e. The van der Waals surface area contributed by atoms with Gasteiger partial charge in [-0.05, 0) is 30.9 Å². The monoisotopic (exact) mass is 354 g/mol. The third kappa shape index (κ3) is 3.51. The molecular formula is C19H19ClN4O. The molecule has 3 aromatic rings. The number of hydrogen-bond acceptors (Lipinski definition) is 5. The first-order valence-electron chi connectivity index (χ1n) is 8.48. The van der Waals surface area contributed by atoms with Gasteiger partial charge in [-0.15, -0.1) is 0 Å². The van der Waals surface area contributed by atoms with Crippen molar-refractivity contribution in [1.29, 1.82) is 0 Å². The summed E-state index contributed by atoms with van der Waals surface area (Å²) in [5, 5.41) is 1.68. The molecule has 0 radical (unpaired) electrons. The molecule has 0 N–H and O–H groups in total. The summed E-state index contributed by atoms with van der Waals surface area (Å²) in [7, 11) is 0. The molecule has 2 aromatic heterocycles. The van der Waals surface area contributed by atoms with Gasteiger partial charge < -0.3 is 9.64 Å². The highest BCUT2D eigenvalue weighted by Gasteiger charge is 2.22. The second kappa shape index (κ2) is 7.23. The number of hydrogen-bond donors (Lipinski definition) is 0.